The van der Waals surface area contributed by atoms with E-state index in [1.54, 1.807) is 0 Å². The van der Waals surface area contributed by atoms with Gasteiger partial charge in [-0.2, -0.15) is 0 Å². The van der Waals surface area contributed by atoms with Crippen molar-refractivity contribution in [1.82, 2.24) is 46.9 Å². The standard InChI is InChI=1S/C54H75N9/c1-31(2)40-13-43-19-55-25-49-34(7)51-27-57-21-45-15-41(32(3)4)16-46(62-45)22-58-28-52-35(8)50(26-56-20-44(14-40)61-43)37(10)54(39(52)12)30-60-24-48-18-42(33(5)6)17-47(63-48)23-59-29-53(36(49)9)38(51)11/h13-18,31-33,55-60H,19-30H2,1-12H3. The van der Waals surface area contributed by atoms with Crippen molar-refractivity contribution >= 4 is 0 Å². The van der Waals surface area contributed by atoms with Gasteiger partial charge in [0.2, 0.25) is 0 Å². The zero-order valence-corrected chi connectivity index (χ0v) is 40.5. The van der Waals surface area contributed by atoms with Crippen LogP contribution in [0, 0.1) is 41.5 Å². The number of nitrogens with one attached hydrogen (secondary N) is 6. The Labute approximate surface area is 378 Å². The van der Waals surface area contributed by atoms with Gasteiger partial charge in [-0.25, -0.2) is 0 Å². The predicted octanol–water partition coefficient (Wildman–Crippen LogP) is 9.46. The summed E-state index contributed by atoms with van der Waals surface area (Å²) >= 11 is 0. The maximum Gasteiger partial charge on any atom is 0.0548 e. The monoisotopic (exact) mass is 850 g/mol. The van der Waals surface area contributed by atoms with Crippen molar-refractivity contribution in [1.29, 1.82) is 0 Å². The van der Waals surface area contributed by atoms with E-state index in [-0.39, 0.29) is 0 Å². The Hall–Kier alpha value is -4.35. The first-order valence-corrected chi connectivity index (χ1v) is 23.6. The quantitative estimate of drug-likeness (QED) is 0.106. The van der Waals surface area contributed by atoms with Crippen LogP contribution in [0.15, 0.2) is 36.4 Å². The minimum atomic E-state index is 0.407. The van der Waals surface area contributed by atoms with Gasteiger partial charge in [0, 0.05) is 78.5 Å². The molecule has 5 aromatic rings. The Kier molecular flexibility index (Phi) is 15.3. The van der Waals surface area contributed by atoms with Crippen LogP contribution in [-0.2, 0) is 78.5 Å². The number of nitrogens with zero attached hydrogens (tertiary/aromatic N) is 3. The third-order valence-corrected chi connectivity index (χ3v) is 13.9. The van der Waals surface area contributed by atoms with Crippen LogP contribution in [0.3, 0.4) is 0 Å². The van der Waals surface area contributed by atoms with Crippen molar-refractivity contribution in [3.63, 3.8) is 0 Å². The lowest BCUT2D eigenvalue weighted by atomic mass is 9.87. The minimum absolute atomic E-state index is 0.407. The van der Waals surface area contributed by atoms with Crippen LogP contribution >= 0.6 is 0 Å². The van der Waals surface area contributed by atoms with E-state index in [1.807, 2.05) is 0 Å². The second kappa shape index (κ2) is 20.7. The lowest BCUT2D eigenvalue weighted by Crippen LogP contribution is -2.24. The van der Waals surface area contributed by atoms with Gasteiger partial charge in [-0.05, 0) is 179 Å². The molecule has 0 amide bonds. The normalized spacial score (nSPS) is 15.9. The van der Waals surface area contributed by atoms with Gasteiger partial charge in [0.1, 0.15) is 0 Å². The lowest BCUT2D eigenvalue weighted by molar-refractivity contribution is 0.622. The zero-order valence-electron chi connectivity index (χ0n) is 40.5. The Morgan fingerprint density at radius 1 is 0.286 bits per heavy atom. The van der Waals surface area contributed by atoms with E-state index in [2.05, 4.69) is 151 Å². The van der Waals surface area contributed by atoms with Crippen LogP contribution in [-0.4, -0.2) is 15.0 Å². The van der Waals surface area contributed by atoms with Crippen LogP contribution in [0.2, 0.25) is 0 Å². The molecule has 0 unspecified atom stereocenters. The molecule has 336 valence electrons. The molecular weight excluding hydrogens is 775 g/mol. The van der Waals surface area contributed by atoms with Crippen molar-refractivity contribution in [2.45, 2.75) is 179 Å². The van der Waals surface area contributed by atoms with E-state index in [0.29, 0.717) is 57.0 Å². The van der Waals surface area contributed by atoms with Crippen LogP contribution in [0.25, 0.3) is 0 Å². The molecule has 0 spiro atoms. The van der Waals surface area contributed by atoms with Gasteiger partial charge in [-0.3, -0.25) is 15.0 Å². The van der Waals surface area contributed by atoms with Gasteiger partial charge in [0.25, 0.3) is 0 Å². The summed E-state index contributed by atoms with van der Waals surface area (Å²) in [4.78, 5) is 15.7. The van der Waals surface area contributed by atoms with Crippen LogP contribution < -0.4 is 31.9 Å². The van der Waals surface area contributed by atoms with Crippen molar-refractivity contribution in [2.24, 2.45) is 0 Å². The Morgan fingerprint density at radius 2 is 0.444 bits per heavy atom. The van der Waals surface area contributed by atoms with Crippen molar-refractivity contribution in [2.75, 3.05) is 0 Å². The highest BCUT2D eigenvalue weighted by molar-refractivity contribution is 5.52. The molecule has 6 heterocycles. The smallest absolute Gasteiger partial charge is 0.0548 e. The molecule has 0 aliphatic carbocycles. The third kappa shape index (κ3) is 11.0. The topological polar surface area (TPSA) is 111 Å². The second-order valence-electron chi connectivity index (χ2n) is 19.4. The molecule has 0 radical (unpaired) electrons. The van der Waals surface area contributed by atoms with Gasteiger partial charge in [0.05, 0.1) is 34.2 Å². The Bertz CT molecular complexity index is 1970. The molecule has 0 atom stereocenters. The summed E-state index contributed by atoms with van der Waals surface area (Å²) in [6.45, 7) is 36.3. The van der Waals surface area contributed by atoms with Gasteiger partial charge in [0.15, 0.2) is 0 Å². The maximum absolute atomic E-state index is 5.24. The van der Waals surface area contributed by atoms with Gasteiger partial charge in [-0.15, -0.1) is 0 Å². The summed E-state index contributed by atoms with van der Waals surface area (Å²) in [6, 6.07) is 13.8. The van der Waals surface area contributed by atoms with Gasteiger partial charge in [-0.1, -0.05) is 41.5 Å². The van der Waals surface area contributed by atoms with E-state index in [4.69, 9.17) is 15.0 Å². The number of hydrogen-bond donors (Lipinski definition) is 6. The fourth-order valence-electron chi connectivity index (χ4n) is 9.83. The Balaban J connectivity index is 1.38. The molecule has 0 saturated carbocycles. The minimum Gasteiger partial charge on any atom is -0.307 e. The molecule has 12 bridgehead atoms. The van der Waals surface area contributed by atoms with E-state index >= 15 is 0 Å². The second-order valence-corrected chi connectivity index (χ2v) is 19.4. The van der Waals surface area contributed by atoms with E-state index in [1.165, 1.54) is 83.5 Å². The highest BCUT2D eigenvalue weighted by Crippen LogP contribution is 2.30. The first-order chi connectivity index (χ1) is 30.2. The summed E-state index contributed by atoms with van der Waals surface area (Å²) in [5.74, 6) is 1.22. The van der Waals surface area contributed by atoms with E-state index < -0.39 is 0 Å². The third-order valence-electron chi connectivity index (χ3n) is 13.9. The van der Waals surface area contributed by atoms with Crippen molar-refractivity contribution in [3.05, 3.63) is 154 Å². The summed E-state index contributed by atoms with van der Waals surface area (Å²) in [5.41, 5.74) is 26.8. The van der Waals surface area contributed by atoms with Crippen molar-refractivity contribution in [3.8, 4) is 0 Å². The molecule has 2 aromatic carbocycles. The van der Waals surface area contributed by atoms with Crippen LogP contribution in [0.1, 0.15) is 177 Å². The summed E-state index contributed by atoms with van der Waals surface area (Å²) in [5, 5.41) is 23.2. The molecule has 3 aliphatic rings. The maximum atomic E-state index is 5.24. The molecule has 0 saturated heterocycles. The fourth-order valence-corrected chi connectivity index (χ4v) is 9.83. The number of hydrogen-bond acceptors (Lipinski definition) is 9. The van der Waals surface area contributed by atoms with Gasteiger partial charge >= 0.3 is 0 Å². The SMILES string of the molecule is Cc1c2c(C)c3c(C)c1CNCc1cc(C(C)C)cc(n1)CNCc1c(C)c(c(C)c(c1C)CNCc1cc(C(C)C)cc(n1)CNC3)CNCc1cc(C(C)C)cc(n1)CNC2. The number of aromatic nitrogens is 3. The Morgan fingerprint density at radius 3 is 0.587 bits per heavy atom. The number of pyridine rings is 3. The van der Waals surface area contributed by atoms with E-state index in [9.17, 15) is 0 Å². The summed E-state index contributed by atoms with van der Waals surface area (Å²) in [6.07, 6.45) is 0. The fraction of sp³-hybridized carbons (Fsp3) is 0.500. The van der Waals surface area contributed by atoms with Crippen LogP contribution in [0.5, 0.6) is 0 Å². The van der Waals surface area contributed by atoms with E-state index in [0.717, 1.165) is 73.4 Å². The summed E-state index contributed by atoms with van der Waals surface area (Å²) in [7, 11) is 0. The first-order valence-electron chi connectivity index (χ1n) is 23.6. The number of rotatable bonds is 3. The molecule has 0 fully saturated rings. The molecule has 8 rings (SSSR count). The number of fused-ring (bicyclic) bond motifs is 12. The molecule has 3 aromatic heterocycles. The number of benzene rings is 2. The average Bonchev–Trinajstić information content (AvgIpc) is 3.24. The first kappa shape index (κ1) is 46.6. The molecule has 6 N–H and O–H groups in total. The molecule has 3 aliphatic heterocycles. The highest BCUT2D eigenvalue weighted by atomic mass is 15.0. The highest BCUT2D eigenvalue weighted by Gasteiger charge is 2.21. The average molecular weight is 850 g/mol. The molecule has 63 heavy (non-hydrogen) atoms. The largest absolute Gasteiger partial charge is 0.307 e. The lowest BCUT2D eigenvalue weighted by Gasteiger charge is -2.24. The molecule has 9 heteroatoms. The summed E-state index contributed by atoms with van der Waals surface area (Å²) < 4.78 is 0. The molecular formula is C54H75N9. The molecule has 9 nitrogen and oxygen atoms in total. The van der Waals surface area contributed by atoms with Crippen molar-refractivity contribution < 1.29 is 0 Å². The van der Waals surface area contributed by atoms with Crippen LogP contribution in [0.4, 0.5) is 0 Å². The zero-order chi connectivity index (χ0) is 44.9. The van der Waals surface area contributed by atoms with Gasteiger partial charge < -0.3 is 31.9 Å². The predicted molar refractivity (Wildman–Crippen MR) is 260 cm³/mol.